The Morgan fingerprint density at radius 3 is 3.00 bits per heavy atom. The number of hydrogen-bond acceptors (Lipinski definition) is 1. The van der Waals surface area contributed by atoms with Crippen LogP contribution in [0.1, 0.15) is 31.1 Å². The standard InChI is InChI=1S/C15H14O/c1-2-11-7-3-4-9-13-12-8-5-6-10-14(12)16-15(11)13/h4-10H,2-3H2,1H3. The summed E-state index contributed by atoms with van der Waals surface area (Å²) in [6.45, 7) is 2.17. The van der Waals surface area contributed by atoms with E-state index in [1.54, 1.807) is 0 Å². The quantitative estimate of drug-likeness (QED) is 0.668. The van der Waals surface area contributed by atoms with Gasteiger partial charge in [0.2, 0.25) is 0 Å². The van der Waals surface area contributed by atoms with Crippen LogP contribution < -0.4 is 0 Å². The molecule has 0 bridgehead atoms. The minimum atomic E-state index is 0.985. The van der Waals surface area contributed by atoms with Crippen LogP contribution >= 0.6 is 0 Å². The average molecular weight is 210 g/mol. The van der Waals surface area contributed by atoms with Gasteiger partial charge in [-0.15, -0.1) is 0 Å². The summed E-state index contributed by atoms with van der Waals surface area (Å²) in [7, 11) is 0. The van der Waals surface area contributed by atoms with Crippen LogP contribution in [-0.2, 0) is 0 Å². The Hall–Kier alpha value is -1.76. The molecule has 0 atom stereocenters. The molecule has 2 aromatic rings. The van der Waals surface area contributed by atoms with Crippen LogP contribution in [0.2, 0.25) is 0 Å². The summed E-state index contributed by atoms with van der Waals surface area (Å²) < 4.78 is 5.95. The molecule has 1 aromatic heterocycles. The van der Waals surface area contributed by atoms with Gasteiger partial charge in [0.05, 0.1) is 0 Å². The van der Waals surface area contributed by atoms with Gasteiger partial charge in [-0.2, -0.15) is 0 Å². The van der Waals surface area contributed by atoms with Crippen molar-refractivity contribution in [1.82, 2.24) is 0 Å². The number of hydrogen-bond donors (Lipinski definition) is 0. The molecule has 0 amide bonds. The molecule has 0 saturated heterocycles. The van der Waals surface area contributed by atoms with Crippen molar-refractivity contribution >= 4 is 22.6 Å². The molecule has 0 N–H and O–H groups in total. The molecular weight excluding hydrogens is 196 g/mol. The number of rotatable bonds is 1. The first-order valence-electron chi connectivity index (χ1n) is 5.77. The van der Waals surface area contributed by atoms with E-state index < -0.39 is 0 Å². The second-order valence-corrected chi connectivity index (χ2v) is 4.06. The predicted octanol–water partition coefficient (Wildman–Crippen LogP) is 4.64. The Balaban J connectivity index is 2.34. The van der Waals surface area contributed by atoms with Crippen molar-refractivity contribution in [3.05, 3.63) is 47.7 Å². The van der Waals surface area contributed by atoms with Gasteiger partial charge in [0.1, 0.15) is 11.3 Å². The molecule has 16 heavy (non-hydrogen) atoms. The predicted molar refractivity (Wildman–Crippen MR) is 68.1 cm³/mol. The lowest BCUT2D eigenvalue weighted by atomic mass is 10.1. The maximum Gasteiger partial charge on any atom is 0.138 e. The molecule has 1 aliphatic rings. The van der Waals surface area contributed by atoms with Crippen molar-refractivity contribution in [2.24, 2.45) is 0 Å². The first-order chi connectivity index (χ1) is 7.90. The lowest BCUT2D eigenvalue weighted by molar-refractivity contribution is 0.596. The van der Waals surface area contributed by atoms with Crippen LogP contribution in [0.15, 0.2) is 40.8 Å². The molecule has 80 valence electrons. The largest absolute Gasteiger partial charge is 0.456 e. The first-order valence-corrected chi connectivity index (χ1v) is 5.77. The molecule has 0 radical (unpaired) electrons. The highest BCUT2D eigenvalue weighted by atomic mass is 16.3. The molecule has 0 spiro atoms. The summed E-state index contributed by atoms with van der Waals surface area (Å²) in [6.07, 6.45) is 8.66. The minimum Gasteiger partial charge on any atom is -0.456 e. The third kappa shape index (κ3) is 1.32. The van der Waals surface area contributed by atoms with E-state index in [0.717, 1.165) is 24.2 Å². The molecule has 0 fully saturated rings. The summed E-state index contributed by atoms with van der Waals surface area (Å²) in [6, 6.07) is 8.24. The lowest BCUT2D eigenvalue weighted by Gasteiger charge is -1.99. The molecule has 1 heterocycles. The average Bonchev–Trinajstić information content (AvgIpc) is 2.56. The summed E-state index contributed by atoms with van der Waals surface area (Å²) in [5.74, 6) is 1.05. The highest BCUT2D eigenvalue weighted by molar-refractivity contribution is 5.93. The fourth-order valence-corrected chi connectivity index (χ4v) is 2.26. The zero-order chi connectivity index (χ0) is 11.0. The van der Waals surface area contributed by atoms with Gasteiger partial charge >= 0.3 is 0 Å². The maximum absolute atomic E-state index is 5.95. The maximum atomic E-state index is 5.95. The third-order valence-electron chi connectivity index (χ3n) is 3.09. The van der Waals surface area contributed by atoms with Crippen LogP contribution in [0.3, 0.4) is 0 Å². The molecule has 0 aliphatic heterocycles. The van der Waals surface area contributed by atoms with Crippen LogP contribution in [0, 0.1) is 0 Å². The highest BCUT2D eigenvalue weighted by Crippen LogP contribution is 2.34. The highest BCUT2D eigenvalue weighted by Gasteiger charge is 2.15. The zero-order valence-corrected chi connectivity index (χ0v) is 9.36. The molecule has 0 saturated carbocycles. The molecule has 1 heteroatoms. The van der Waals surface area contributed by atoms with E-state index in [0.29, 0.717) is 0 Å². The first kappa shape index (κ1) is 9.46. The van der Waals surface area contributed by atoms with Gasteiger partial charge in [-0.3, -0.25) is 0 Å². The van der Waals surface area contributed by atoms with E-state index in [-0.39, 0.29) is 0 Å². The number of fused-ring (bicyclic) bond motifs is 3. The Labute approximate surface area is 95.1 Å². The number of benzene rings is 1. The summed E-state index contributed by atoms with van der Waals surface area (Å²) >= 11 is 0. The smallest absolute Gasteiger partial charge is 0.138 e. The van der Waals surface area contributed by atoms with E-state index in [1.807, 2.05) is 12.1 Å². The van der Waals surface area contributed by atoms with E-state index in [1.165, 1.54) is 16.5 Å². The monoisotopic (exact) mass is 210 g/mol. The Bertz CT molecular complexity index is 585. The van der Waals surface area contributed by atoms with Crippen LogP contribution in [0.25, 0.3) is 22.6 Å². The van der Waals surface area contributed by atoms with Crippen LogP contribution in [-0.4, -0.2) is 0 Å². The Morgan fingerprint density at radius 1 is 1.25 bits per heavy atom. The molecule has 1 aliphatic carbocycles. The summed E-state index contributed by atoms with van der Waals surface area (Å²) in [5.41, 5.74) is 3.54. The van der Waals surface area contributed by atoms with Crippen LogP contribution in [0.4, 0.5) is 0 Å². The van der Waals surface area contributed by atoms with Gasteiger partial charge in [-0.05, 0) is 24.5 Å². The SMILES string of the molecule is CCC1=CCC=Cc2c1oc1ccccc21. The van der Waals surface area contributed by atoms with E-state index >= 15 is 0 Å². The van der Waals surface area contributed by atoms with E-state index in [4.69, 9.17) is 4.42 Å². The second kappa shape index (κ2) is 3.67. The molecule has 3 rings (SSSR count). The van der Waals surface area contributed by atoms with Gasteiger partial charge in [-0.1, -0.05) is 43.4 Å². The van der Waals surface area contributed by atoms with Crippen molar-refractivity contribution in [2.45, 2.75) is 19.8 Å². The number of furan rings is 1. The fraction of sp³-hybridized carbons (Fsp3) is 0.200. The van der Waals surface area contributed by atoms with Crippen LogP contribution in [0.5, 0.6) is 0 Å². The van der Waals surface area contributed by atoms with Crippen molar-refractivity contribution in [2.75, 3.05) is 0 Å². The van der Waals surface area contributed by atoms with E-state index in [9.17, 15) is 0 Å². The summed E-state index contributed by atoms with van der Waals surface area (Å²) in [5, 5.41) is 1.22. The number of para-hydroxylation sites is 1. The Kier molecular flexibility index (Phi) is 2.17. The topological polar surface area (TPSA) is 13.1 Å². The van der Waals surface area contributed by atoms with Crippen molar-refractivity contribution in [3.63, 3.8) is 0 Å². The van der Waals surface area contributed by atoms with Gasteiger partial charge in [0.25, 0.3) is 0 Å². The molecule has 1 aromatic carbocycles. The molecule has 1 nitrogen and oxygen atoms in total. The zero-order valence-electron chi connectivity index (χ0n) is 9.36. The van der Waals surface area contributed by atoms with E-state index in [2.05, 4.69) is 37.3 Å². The summed E-state index contributed by atoms with van der Waals surface area (Å²) in [4.78, 5) is 0. The van der Waals surface area contributed by atoms with Crippen molar-refractivity contribution in [3.8, 4) is 0 Å². The Morgan fingerprint density at radius 2 is 2.12 bits per heavy atom. The van der Waals surface area contributed by atoms with Crippen molar-refractivity contribution < 1.29 is 4.42 Å². The van der Waals surface area contributed by atoms with Gasteiger partial charge in [0.15, 0.2) is 0 Å². The van der Waals surface area contributed by atoms with Gasteiger partial charge in [-0.25, -0.2) is 0 Å². The molecular formula is C15H14O. The lowest BCUT2D eigenvalue weighted by Crippen LogP contribution is -1.80. The second-order valence-electron chi connectivity index (χ2n) is 4.06. The van der Waals surface area contributed by atoms with Gasteiger partial charge in [0, 0.05) is 10.9 Å². The molecule has 0 unspecified atom stereocenters. The minimum absolute atomic E-state index is 0.985. The number of allylic oxidation sites excluding steroid dienone is 3. The van der Waals surface area contributed by atoms with Gasteiger partial charge < -0.3 is 4.42 Å². The third-order valence-corrected chi connectivity index (χ3v) is 3.09. The van der Waals surface area contributed by atoms with Crippen molar-refractivity contribution in [1.29, 1.82) is 0 Å². The normalized spacial score (nSPS) is 14.7. The fourth-order valence-electron chi connectivity index (χ4n) is 2.26.